The van der Waals surface area contributed by atoms with Crippen molar-refractivity contribution in [2.45, 2.75) is 13.5 Å². The summed E-state index contributed by atoms with van der Waals surface area (Å²) in [6.07, 6.45) is 1.32. The van der Waals surface area contributed by atoms with Crippen LogP contribution in [0.3, 0.4) is 0 Å². The fourth-order valence-electron chi connectivity index (χ4n) is 3.02. The van der Waals surface area contributed by atoms with Gasteiger partial charge >= 0.3 is 5.97 Å². The number of carboxylic acids is 1. The predicted octanol–water partition coefficient (Wildman–Crippen LogP) is 4.43. The number of hydrogen-bond acceptors (Lipinski definition) is 6. The van der Waals surface area contributed by atoms with Gasteiger partial charge in [0, 0.05) is 17.7 Å². The van der Waals surface area contributed by atoms with Crippen LogP contribution in [0.5, 0.6) is 11.5 Å². The smallest absolute Gasteiger partial charge is 0.352 e. The molecule has 3 aromatic carbocycles. The molecule has 2 N–H and O–H groups in total. The van der Waals surface area contributed by atoms with Gasteiger partial charge in [0.05, 0.1) is 11.5 Å². The second-order valence-electron chi connectivity index (χ2n) is 7.04. The molecule has 0 heterocycles. The maximum absolute atomic E-state index is 12.4. The Labute approximate surface area is 195 Å². The van der Waals surface area contributed by atoms with Crippen LogP contribution in [0.2, 0.25) is 0 Å². The maximum Gasteiger partial charge on any atom is 0.352 e. The van der Waals surface area contributed by atoms with Crippen LogP contribution in [0.25, 0.3) is 6.08 Å². The predicted molar refractivity (Wildman–Crippen MR) is 125 cm³/mol. The number of rotatable bonds is 10. The first kappa shape index (κ1) is 24.0. The number of carbonyl (C=O) groups is 2. The van der Waals surface area contributed by atoms with E-state index in [0.29, 0.717) is 34.8 Å². The van der Waals surface area contributed by atoms with Crippen LogP contribution in [-0.2, 0) is 11.4 Å². The standard InChI is InChI=1S/C25H22N2O7/c1-2-33-23-15-17(14-21(25(29)30)26-24(28)19-8-4-3-5-9-19)11-12-22(23)34-16-18-7-6-10-20(13-18)27(31)32/h3-15H,2,16H2,1H3,(H,26,28)(H,29,30)/b21-14+. The van der Waals surface area contributed by atoms with E-state index in [1.807, 2.05) is 0 Å². The van der Waals surface area contributed by atoms with Gasteiger partial charge in [-0.1, -0.05) is 36.4 Å². The minimum absolute atomic E-state index is 0.0367. The van der Waals surface area contributed by atoms with Crippen molar-refractivity contribution >= 4 is 23.6 Å². The lowest BCUT2D eigenvalue weighted by atomic mass is 10.1. The van der Waals surface area contributed by atoms with Crippen molar-refractivity contribution < 1.29 is 29.1 Å². The fourth-order valence-corrected chi connectivity index (χ4v) is 3.02. The lowest BCUT2D eigenvalue weighted by molar-refractivity contribution is -0.384. The van der Waals surface area contributed by atoms with Crippen molar-refractivity contribution in [1.82, 2.24) is 5.32 Å². The van der Waals surface area contributed by atoms with Crippen molar-refractivity contribution in [3.8, 4) is 11.5 Å². The van der Waals surface area contributed by atoms with Gasteiger partial charge in [0.15, 0.2) is 11.5 Å². The quantitative estimate of drug-likeness (QED) is 0.259. The van der Waals surface area contributed by atoms with Crippen LogP contribution < -0.4 is 14.8 Å². The van der Waals surface area contributed by atoms with Crippen LogP contribution >= 0.6 is 0 Å². The molecule has 0 spiro atoms. The number of aliphatic carboxylic acids is 1. The lowest BCUT2D eigenvalue weighted by Crippen LogP contribution is -2.27. The molecule has 9 nitrogen and oxygen atoms in total. The summed E-state index contributed by atoms with van der Waals surface area (Å²) in [5.41, 5.74) is 1.07. The van der Waals surface area contributed by atoms with E-state index in [1.165, 1.54) is 18.2 Å². The minimum atomic E-state index is -1.30. The molecule has 1 amide bonds. The Kier molecular flexibility index (Phi) is 7.96. The van der Waals surface area contributed by atoms with Gasteiger partial charge in [0.25, 0.3) is 11.6 Å². The molecule has 0 radical (unpaired) electrons. The zero-order chi connectivity index (χ0) is 24.5. The first-order valence-corrected chi connectivity index (χ1v) is 10.3. The molecule has 0 aliphatic carbocycles. The van der Waals surface area contributed by atoms with Gasteiger partial charge in [-0.3, -0.25) is 14.9 Å². The van der Waals surface area contributed by atoms with E-state index in [-0.39, 0.29) is 18.0 Å². The highest BCUT2D eigenvalue weighted by Gasteiger charge is 2.15. The molecule has 0 unspecified atom stereocenters. The Hall–Kier alpha value is -4.66. The molecule has 0 bridgehead atoms. The summed E-state index contributed by atoms with van der Waals surface area (Å²) in [5.74, 6) is -1.10. The normalized spacial score (nSPS) is 10.9. The van der Waals surface area contributed by atoms with E-state index in [0.717, 1.165) is 0 Å². The van der Waals surface area contributed by atoms with Gasteiger partial charge in [0.1, 0.15) is 12.3 Å². The Morgan fingerprint density at radius 1 is 1.00 bits per heavy atom. The molecule has 0 saturated heterocycles. The number of amides is 1. The maximum atomic E-state index is 12.4. The summed E-state index contributed by atoms with van der Waals surface area (Å²) >= 11 is 0. The number of hydrogen-bond donors (Lipinski definition) is 2. The molecule has 0 fully saturated rings. The summed E-state index contributed by atoms with van der Waals surface area (Å²) in [7, 11) is 0. The number of nitrogens with one attached hydrogen (secondary N) is 1. The van der Waals surface area contributed by atoms with E-state index >= 15 is 0 Å². The van der Waals surface area contributed by atoms with Crippen molar-refractivity contribution in [3.63, 3.8) is 0 Å². The van der Waals surface area contributed by atoms with E-state index in [4.69, 9.17) is 9.47 Å². The number of carboxylic acid groups (broad SMARTS) is 1. The summed E-state index contributed by atoms with van der Waals surface area (Å²) in [5, 5.41) is 22.9. The number of nitro benzene ring substituents is 1. The van der Waals surface area contributed by atoms with E-state index in [9.17, 15) is 24.8 Å². The Morgan fingerprint density at radius 2 is 1.76 bits per heavy atom. The van der Waals surface area contributed by atoms with Gasteiger partial charge in [-0.2, -0.15) is 0 Å². The molecule has 0 atom stereocenters. The summed E-state index contributed by atoms with van der Waals surface area (Å²) < 4.78 is 11.4. The van der Waals surface area contributed by atoms with Crippen LogP contribution in [0.1, 0.15) is 28.4 Å². The number of nitro groups is 1. The molecule has 0 aliphatic heterocycles. The van der Waals surface area contributed by atoms with Crippen LogP contribution in [-0.4, -0.2) is 28.5 Å². The third-order valence-corrected chi connectivity index (χ3v) is 4.61. The first-order valence-electron chi connectivity index (χ1n) is 10.3. The number of carbonyl (C=O) groups excluding carboxylic acids is 1. The van der Waals surface area contributed by atoms with Crippen molar-refractivity contribution in [1.29, 1.82) is 0 Å². The fraction of sp³-hybridized carbons (Fsp3) is 0.120. The Morgan fingerprint density at radius 3 is 2.44 bits per heavy atom. The second-order valence-corrected chi connectivity index (χ2v) is 7.04. The average Bonchev–Trinajstić information content (AvgIpc) is 2.84. The molecular formula is C25H22N2O7. The van der Waals surface area contributed by atoms with Crippen molar-refractivity contribution in [2.75, 3.05) is 6.61 Å². The second kappa shape index (κ2) is 11.3. The largest absolute Gasteiger partial charge is 0.490 e. The topological polar surface area (TPSA) is 128 Å². The monoisotopic (exact) mass is 462 g/mol. The SMILES string of the molecule is CCOc1cc(/C=C(/NC(=O)c2ccccc2)C(=O)O)ccc1OCc1cccc([N+](=O)[O-])c1. The molecule has 174 valence electrons. The molecular weight excluding hydrogens is 440 g/mol. The molecule has 0 saturated carbocycles. The summed E-state index contributed by atoms with van der Waals surface area (Å²) in [4.78, 5) is 34.5. The average molecular weight is 462 g/mol. The minimum Gasteiger partial charge on any atom is -0.490 e. The Balaban J connectivity index is 1.80. The van der Waals surface area contributed by atoms with Gasteiger partial charge in [0.2, 0.25) is 0 Å². The third-order valence-electron chi connectivity index (χ3n) is 4.61. The van der Waals surface area contributed by atoms with E-state index in [2.05, 4.69) is 5.32 Å². The van der Waals surface area contributed by atoms with Gasteiger partial charge in [-0.25, -0.2) is 4.79 Å². The number of non-ortho nitro benzene ring substituents is 1. The molecule has 0 aliphatic rings. The molecule has 3 rings (SSSR count). The van der Waals surface area contributed by atoms with Crippen molar-refractivity contribution in [2.24, 2.45) is 0 Å². The van der Waals surface area contributed by atoms with E-state index < -0.39 is 16.8 Å². The zero-order valence-corrected chi connectivity index (χ0v) is 18.3. The summed E-state index contributed by atoms with van der Waals surface area (Å²) in [6, 6.07) is 19.2. The number of ether oxygens (including phenoxy) is 2. The first-order chi connectivity index (χ1) is 16.4. The molecule has 3 aromatic rings. The van der Waals surface area contributed by atoms with Gasteiger partial charge in [-0.15, -0.1) is 0 Å². The van der Waals surface area contributed by atoms with E-state index in [1.54, 1.807) is 67.6 Å². The van der Waals surface area contributed by atoms with Gasteiger partial charge < -0.3 is 19.9 Å². The van der Waals surface area contributed by atoms with Crippen molar-refractivity contribution in [3.05, 3.63) is 105 Å². The zero-order valence-electron chi connectivity index (χ0n) is 18.3. The number of nitrogens with zero attached hydrogens (tertiary/aromatic N) is 1. The highest BCUT2D eigenvalue weighted by molar-refractivity contribution is 6.02. The molecule has 34 heavy (non-hydrogen) atoms. The number of benzene rings is 3. The highest BCUT2D eigenvalue weighted by Crippen LogP contribution is 2.30. The third kappa shape index (κ3) is 6.42. The van der Waals surface area contributed by atoms with Crippen LogP contribution in [0, 0.1) is 10.1 Å². The molecule has 0 aromatic heterocycles. The lowest BCUT2D eigenvalue weighted by Gasteiger charge is -2.13. The highest BCUT2D eigenvalue weighted by atomic mass is 16.6. The summed E-state index contributed by atoms with van der Waals surface area (Å²) in [6.45, 7) is 2.19. The Bertz CT molecular complexity index is 1220. The van der Waals surface area contributed by atoms with Gasteiger partial charge in [-0.05, 0) is 48.4 Å². The molecule has 9 heteroatoms. The van der Waals surface area contributed by atoms with Crippen LogP contribution in [0.15, 0.2) is 78.5 Å². The van der Waals surface area contributed by atoms with Crippen LogP contribution in [0.4, 0.5) is 5.69 Å².